The number of benzene rings is 1. The molecular formula is C32H41FN6O3. The van der Waals surface area contributed by atoms with Crippen molar-refractivity contribution in [2.45, 2.75) is 88.1 Å². The lowest BCUT2D eigenvalue weighted by atomic mass is 9.69. The quantitative estimate of drug-likeness (QED) is 0.519. The topological polar surface area (TPSA) is 110 Å². The first-order valence-electron chi connectivity index (χ1n) is 15.6. The third-order valence-electron chi connectivity index (χ3n) is 10.4. The molecule has 2 N–H and O–H groups in total. The molecule has 1 spiro atoms. The summed E-state index contributed by atoms with van der Waals surface area (Å²) in [4.78, 5) is 14.5. The second-order valence-corrected chi connectivity index (χ2v) is 12.9. The molecule has 5 heterocycles. The summed E-state index contributed by atoms with van der Waals surface area (Å²) in [6.45, 7) is 7.44. The number of halogens is 1. The van der Waals surface area contributed by atoms with Crippen molar-refractivity contribution in [3.63, 3.8) is 0 Å². The zero-order valence-electron chi connectivity index (χ0n) is 24.5. The Hall–Kier alpha value is -3.00. The third kappa shape index (κ3) is 4.70. The summed E-state index contributed by atoms with van der Waals surface area (Å²) < 4.78 is 33.2. The molecule has 0 bridgehead atoms. The van der Waals surface area contributed by atoms with E-state index >= 15 is 0 Å². The number of hydrogen-bond donors (Lipinski definition) is 1. The van der Waals surface area contributed by atoms with E-state index in [1.165, 1.54) is 0 Å². The second kappa shape index (κ2) is 10.9. The zero-order chi connectivity index (χ0) is 28.9. The molecule has 0 amide bonds. The van der Waals surface area contributed by atoms with Gasteiger partial charge in [0.15, 0.2) is 0 Å². The van der Waals surface area contributed by atoms with Gasteiger partial charge >= 0.3 is 6.01 Å². The van der Waals surface area contributed by atoms with Gasteiger partial charge in [-0.2, -0.15) is 15.2 Å². The van der Waals surface area contributed by atoms with Gasteiger partial charge in [-0.15, -0.1) is 0 Å². The minimum Gasteiger partial charge on any atom is -0.463 e. The van der Waals surface area contributed by atoms with Gasteiger partial charge in [-0.3, -0.25) is 4.90 Å². The molecule has 4 atom stereocenters. The van der Waals surface area contributed by atoms with Crippen LogP contribution in [-0.4, -0.2) is 72.6 Å². The van der Waals surface area contributed by atoms with Gasteiger partial charge in [0.2, 0.25) is 0 Å². The maximum absolute atomic E-state index is 14.3. The molecule has 4 aliphatic heterocycles. The molecule has 0 saturated carbocycles. The number of nitrogen functional groups attached to an aromatic ring is 1. The molecule has 0 radical (unpaired) electrons. The van der Waals surface area contributed by atoms with Crippen molar-refractivity contribution >= 4 is 11.5 Å². The number of ether oxygens (including phenoxy) is 3. The summed E-state index contributed by atoms with van der Waals surface area (Å²) in [5.41, 5.74) is 10.5. The van der Waals surface area contributed by atoms with Crippen LogP contribution in [-0.2, 0) is 28.1 Å². The van der Waals surface area contributed by atoms with Gasteiger partial charge in [0.25, 0.3) is 0 Å². The zero-order valence-corrected chi connectivity index (χ0v) is 24.5. The largest absolute Gasteiger partial charge is 0.463 e. The third-order valence-corrected chi connectivity index (χ3v) is 10.4. The second-order valence-electron chi connectivity index (χ2n) is 12.9. The fraction of sp³-hybridized carbons (Fsp3) is 0.656. The van der Waals surface area contributed by atoms with Gasteiger partial charge < -0.3 is 24.8 Å². The van der Waals surface area contributed by atoms with Crippen molar-refractivity contribution in [3.05, 3.63) is 40.1 Å². The van der Waals surface area contributed by atoms with Crippen molar-refractivity contribution in [3.8, 4) is 12.1 Å². The lowest BCUT2D eigenvalue weighted by Gasteiger charge is -2.45. The normalized spacial score (nSPS) is 30.8. The van der Waals surface area contributed by atoms with Crippen LogP contribution in [0.3, 0.4) is 0 Å². The molecule has 1 aromatic carbocycles. The Morgan fingerprint density at radius 3 is 2.98 bits per heavy atom. The minimum atomic E-state index is -0.758. The Kier molecular flexibility index (Phi) is 7.24. The van der Waals surface area contributed by atoms with Gasteiger partial charge in [-0.05, 0) is 62.6 Å². The molecular weight excluding hydrogens is 535 g/mol. The highest BCUT2D eigenvalue weighted by molar-refractivity contribution is 5.64. The molecule has 1 unspecified atom stereocenters. The van der Waals surface area contributed by atoms with Crippen LogP contribution in [0, 0.1) is 11.3 Å². The van der Waals surface area contributed by atoms with Crippen molar-refractivity contribution in [1.29, 1.82) is 5.26 Å². The number of rotatable bonds is 5. The highest BCUT2D eigenvalue weighted by atomic mass is 19.1. The van der Waals surface area contributed by atoms with Crippen LogP contribution in [0.4, 0.5) is 15.9 Å². The van der Waals surface area contributed by atoms with Crippen LogP contribution >= 0.6 is 0 Å². The van der Waals surface area contributed by atoms with Gasteiger partial charge in [0.05, 0.1) is 31.1 Å². The van der Waals surface area contributed by atoms with Gasteiger partial charge in [-0.25, -0.2) is 4.39 Å². The monoisotopic (exact) mass is 576 g/mol. The maximum Gasteiger partial charge on any atom is 0.318 e. The predicted octanol–water partition coefficient (Wildman–Crippen LogP) is 4.37. The van der Waals surface area contributed by atoms with Crippen molar-refractivity contribution in [1.82, 2.24) is 14.9 Å². The number of nitriles is 1. The van der Waals surface area contributed by atoms with Crippen LogP contribution in [0.15, 0.2) is 12.1 Å². The number of nitrogens with two attached hydrogens (primary N) is 1. The first kappa shape index (κ1) is 27.8. The number of hydrogen-bond acceptors (Lipinski definition) is 9. The number of fused-ring (bicyclic) bond motifs is 4. The maximum atomic E-state index is 14.3. The number of anilines is 2. The summed E-state index contributed by atoms with van der Waals surface area (Å²) in [6.07, 6.45) is 5.91. The van der Waals surface area contributed by atoms with E-state index in [1.807, 2.05) is 6.07 Å². The van der Waals surface area contributed by atoms with Gasteiger partial charge in [0, 0.05) is 61.4 Å². The Balaban J connectivity index is 1.23. The fourth-order valence-corrected chi connectivity index (χ4v) is 8.26. The van der Waals surface area contributed by atoms with Gasteiger partial charge in [0.1, 0.15) is 23.7 Å². The molecule has 1 aromatic heterocycles. The fourth-order valence-electron chi connectivity index (χ4n) is 8.26. The Labute approximate surface area is 247 Å². The number of aromatic nitrogens is 2. The average Bonchev–Trinajstić information content (AvgIpc) is 3.36. The average molecular weight is 577 g/mol. The number of nitrogens with zero attached hydrogens (tertiary/aromatic N) is 5. The van der Waals surface area contributed by atoms with E-state index < -0.39 is 11.8 Å². The van der Waals surface area contributed by atoms with E-state index in [0.717, 1.165) is 93.0 Å². The summed E-state index contributed by atoms with van der Waals surface area (Å²) in [5.74, 6) is 1.16. The molecule has 10 heteroatoms. The van der Waals surface area contributed by atoms with Crippen LogP contribution in [0.2, 0.25) is 0 Å². The molecule has 9 nitrogen and oxygen atoms in total. The van der Waals surface area contributed by atoms with E-state index in [2.05, 4.69) is 28.9 Å². The lowest BCUT2D eigenvalue weighted by molar-refractivity contribution is -0.0873. The van der Waals surface area contributed by atoms with Crippen molar-refractivity contribution in [2.75, 3.05) is 56.6 Å². The summed E-state index contributed by atoms with van der Waals surface area (Å²) in [5, 5.41) is 10.1. The molecule has 5 aliphatic rings. The Morgan fingerprint density at radius 2 is 2.10 bits per heavy atom. The highest BCUT2D eigenvalue weighted by Crippen LogP contribution is 2.51. The molecule has 224 valence electrons. The first-order chi connectivity index (χ1) is 20.4. The smallest absolute Gasteiger partial charge is 0.318 e. The van der Waals surface area contributed by atoms with Gasteiger partial charge in [-0.1, -0.05) is 13.0 Å². The summed E-state index contributed by atoms with van der Waals surface area (Å²) >= 11 is 0. The van der Waals surface area contributed by atoms with Crippen LogP contribution in [0.5, 0.6) is 6.01 Å². The first-order valence-corrected chi connectivity index (χ1v) is 15.6. The molecule has 1 aliphatic carbocycles. The minimum absolute atomic E-state index is 0.105. The highest BCUT2D eigenvalue weighted by Gasteiger charge is 2.49. The summed E-state index contributed by atoms with van der Waals surface area (Å²) in [7, 11) is 0. The van der Waals surface area contributed by atoms with Crippen LogP contribution in [0.1, 0.15) is 85.7 Å². The summed E-state index contributed by atoms with van der Waals surface area (Å²) in [6, 6.07) is 6.65. The molecule has 2 aromatic rings. The Bertz CT molecular complexity index is 1390. The predicted molar refractivity (Wildman–Crippen MR) is 156 cm³/mol. The SMILES string of the molecule is C[C@H]1CC[C@]2(Cc3nc(OCCC45CCCN4C[C@H](F)C5)nc(N4CCCOCC4)c3CO2)c2c1ccc(N)c2C#N. The van der Waals surface area contributed by atoms with Crippen molar-refractivity contribution in [2.24, 2.45) is 0 Å². The van der Waals surface area contributed by atoms with E-state index in [0.29, 0.717) is 62.4 Å². The molecule has 3 saturated heterocycles. The molecule has 7 rings (SSSR count). The molecule has 3 fully saturated rings. The van der Waals surface area contributed by atoms with E-state index in [9.17, 15) is 9.65 Å². The van der Waals surface area contributed by atoms with E-state index in [-0.39, 0.29) is 5.54 Å². The van der Waals surface area contributed by atoms with E-state index in [4.69, 9.17) is 29.9 Å². The van der Waals surface area contributed by atoms with Crippen molar-refractivity contribution < 1.29 is 18.6 Å². The van der Waals surface area contributed by atoms with Crippen LogP contribution in [0.25, 0.3) is 0 Å². The lowest BCUT2D eigenvalue weighted by Crippen LogP contribution is -2.42. The van der Waals surface area contributed by atoms with Crippen LogP contribution < -0.4 is 15.4 Å². The standard InChI is InChI=1S/C32H41FN6O3/c1-21-6-8-32(28-23(21)4-5-26(35)24(28)18-34)17-27-25(20-42-32)29(38-10-3-13-40-15-12-38)37-30(36-27)41-14-9-31-7-2-11-39(31)19-22(33)16-31/h4-5,21-22H,2-3,6-17,19-20,35H2,1H3/t21-,22+,31?,32-/m0/s1. The molecule has 42 heavy (non-hydrogen) atoms. The number of alkyl halides is 1. The Morgan fingerprint density at radius 1 is 1.19 bits per heavy atom. The van der Waals surface area contributed by atoms with E-state index in [1.54, 1.807) is 0 Å².